The Kier molecular flexibility index (Phi) is 9.04. The van der Waals surface area contributed by atoms with E-state index >= 15 is 0 Å². The van der Waals surface area contributed by atoms with Crippen molar-refractivity contribution in [2.45, 2.75) is 126 Å². The Balaban J connectivity index is 1.80. The van der Waals surface area contributed by atoms with Gasteiger partial charge in [0.05, 0.1) is 0 Å². The van der Waals surface area contributed by atoms with E-state index in [2.05, 4.69) is 132 Å². The summed E-state index contributed by atoms with van der Waals surface area (Å²) in [7, 11) is 0. The van der Waals surface area contributed by atoms with Crippen LogP contribution < -0.4 is 4.74 Å². The van der Waals surface area contributed by atoms with Crippen LogP contribution in [0.5, 0.6) is 5.75 Å². The van der Waals surface area contributed by atoms with E-state index in [4.69, 9.17) is 9.73 Å². The van der Waals surface area contributed by atoms with Crippen LogP contribution in [0.15, 0.2) is 53.2 Å². The number of rotatable bonds is 7. The van der Waals surface area contributed by atoms with E-state index < -0.39 is 0 Å². The van der Waals surface area contributed by atoms with E-state index in [1.165, 1.54) is 33.5 Å². The molecule has 41 heavy (non-hydrogen) atoms. The topological polar surface area (TPSA) is 21.6 Å². The van der Waals surface area contributed by atoms with E-state index in [9.17, 15) is 0 Å². The number of allylic oxidation sites excluding steroid dienone is 2. The molecule has 6 atom stereocenters. The largest absolute Gasteiger partial charge is 0.488 e. The molecule has 2 aromatic rings. The zero-order valence-corrected chi connectivity index (χ0v) is 28.2. The Hall–Kier alpha value is -2.35. The van der Waals surface area contributed by atoms with E-state index in [-0.39, 0.29) is 16.4 Å². The number of nitrogens with zero attached hydrogens (tertiary/aromatic N) is 1. The SMILES string of the molecule is CCC(C1=CC(C)C(CC)C=N1)c1ccc(C2(c3ccc(OC(C)(C)C)c(C)c3)CC(C)C(C)C(C)(C)C2)cc1C. The van der Waals surface area contributed by atoms with Crippen molar-refractivity contribution < 1.29 is 4.74 Å². The van der Waals surface area contributed by atoms with Crippen molar-refractivity contribution in [1.82, 2.24) is 0 Å². The maximum Gasteiger partial charge on any atom is 0.123 e. The third-order valence-corrected chi connectivity index (χ3v) is 10.6. The standard InChI is InChI=1S/C39H57NO/c1-13-30-23-40-35(21-25(30)3)33(14-2)34-17-15-31(19-26(34)4)39(22-28(6)29(7)38(11,12)24-39)32-16-18-36(27(5)20-32)41-37(8,9)10/h15-21,23,25,28-30,33H,13-14,22,24H2,1-12H3. The van der Waals surface area contributed by atoms with Crippen LogP contribution in [0.2, 0.25) is 0 Å². The molecule has 6 unspecified atom stereocenters. The lowest BCUT2D eigenvalue weighted by atomic mass is 9.51. The van der Waals surface area contributed by atoms with Crippen molar-refractivity contribution in [3.8, 4) is 5.75 Å². The van der Waals surface area contributed by atoms with Crippen LogP contribution in [0.25, 0.3) is 0 Å². The molecule has 0 N–H and O–H groups in total. The summed E-state index contributed by atoms with van der Waals surface area (Å²) in [5, 5.41) is 0. The number of hydrogen-bond acceptors (Lipinski definition) is 2. The second-order valence-corrected chi connectivity index (χ2v) is 15.2. The predicted octanol–water partition coefficient (Wildman–Crippen LogP) is 11.0. The maximum atomic E-state index is 6.33. The molecule has 1 aliphatic carbocycles. The van der Waals surface area contributed by atoms with Crippen LogP contribution >= 0.6 is 0 Å². The van der Waals surface area contributed by atoms with Crippen LogP contribution in [-0.4, -0.2) is 11.8 Å². The lowest BCUT2D eigenvalue weighted by molar-refractivity contribution is 0.0530. The number of aryl methyl sites for hydroxylation is 2. The average molecular weight is 556 g/mol. The molecule has 0 spiro atoms. The summed E-state index contributed by atoms with van der Waals surface area (Å²) in [6.45, 7) is 27.7. The fourth-order valence-corrected chi connectivity index (χ4v) is 7.90. The Bertz CT molecular complexity index is 1290. The molecule has 2 heteroatoms. The van der Waals surface area contributed by atoms with Gasteiger partial charge in [-0.3, -0.25) is 4.99 Å². The minimum atomic E-state index is -0.212. The van der Waals surface area contributed by atoms with Crippen LogP contribution in [0, 0.1) is 42.9 Å². The van der Waals surface area contributed by atoms with E-state index in [1.54, 1.807) is 0 Å². The lowest BCUT2D eigenvalue weighted by Gasteiger charge is -2.52. The Morgan fingerprint density at radius 3 is 2.10 bits per heavy atom. The van der Waals surface area contributed by atoms with Crippen molar-refractivity contribution >= 4 is 6.21 Å². The quantitative estimate of drug-likeness (QED) is 0.333. The maximum absolute atomic E-state index is 6.33. The Labute approximate surface area is 252 Å². The summed E-state index contributed by atoms with van der Waals surface area (Å²) in [6.07, 6.45) is 9.17. The summed E-state index contributed by atoms with van der Waals surface area (Å²) in [4.78, 5) is 5.00. The average Bonchev–Trinajstić information content (AvgIpc) is 2.88. The second kappa shape index (κ2) is 11.7. The smallest absolute Gasteiger partial charge is 0.123 e. The summed E-state index contributed by atoms with van der Waals surface area (Å²) in [5.41, 5.74) is 8.18. The second-order valence-electron chi connectivity index (χ2n) is 15.2. The molecule has 0 aromatic heterocycles. The monoisotopic (exact) mass is 555 g/mol. The normalized spacial score (nSPS) is 28.7. The van der Waals surface area contributed by atoms with Crippen LogP contribution in [0.1, 0.15) is 129 Å². The molecule has 0 bridgehead atoms. The number of aliphatic imine (C=N–C) groups is 1. The number of hydrogen-bond donors (Lipinski definition) is 0. The molecule has 1 heterocycles. The third kappa shape index (κ3) is 6.37. The first-order chi connectivity index (χ1) is 19.1. The molecular formula is C39H57NO. The van der Waals surface area contributed by atoms with Gasteiger partial charge in [-0.1, -0.05) is 84.9 Å². The zero-order chi connectivity index (χ0) is 30.3. The van der Waals surface area contributed by atoms with Crippen LogP contribution in [0.4, 0.5) is 0 Å². The van der Waals surface area contributed by atoms with Gasteiger partial charge in [-0.15, -0.1) is 0 Å². The van der Waals surface area contributed by atoms with E-state index in [0.717, 1.165) is 31.4 Å². The molecule has 2 nitrogen and oxygen atoms in total. The Morgan fingerprint density at radius 1 is 0.951 bits per heavy atom. The van der Waals surface area contributed by atoms with Crippen molar-refractivity contribution in [1.29, 1.82) is 0 Å². The molecule has 4 rings (SSSR count). The van der Waals surface area contributed by atoms with Gasteiger partial charge in [0.1, 0.15) is 11.4 Å². The zero-order valence-electron chi connectivity index (χ0n) is 28.2. The molecule has 1 fully saturated rings. The number of ether oxygens (including phenoxy) is 1. The molecule has 2 aromatic carbocycles. The van der Waals surface area contributed by atoms with Gasteiger partial charge in [-0.2, -0.15) is 0 Å². The summed E-state index contributed by atoms with van der Waals surface area (Å²) in [5.74, 6) is 3.74. The van der Waals surface area contributed by atoms with Gasteiger partial charge in [-0.05, 0) is 117 Å². The van der Waals surface area contributed by atoms with Gasteiger partial charge >= 0.3 is 0 Å². The lowest BCUT2D eigenvalue weighted by Crippen LogP contribution is -2.45. The van der Waals surface area contributed by atoms with Gasteiger partial charge in [-0.25, -0.2) is 0 Å². The fourth-order valence-electron chi connectivity index (χ4n) is 7.90. The molecule has 2 aliphatic rings. The Morgan fingerprint density at radius 2 is 1.59 bits per heavy atom. The van der Waals surface area contributed by atoms with Gasteiger partial charge in [0.25, 0.3) is 0 Å². The van der Waals surface area contributed by atoms with Crippen molar-refractivity contribution in [3.63, 3.8) is 0 Å². The fraction of sp³-hybridized carbons (Fsp3) is 0.615. The van der Waals surface area contributed by atoms with Gasteiger partial charge < -0.3 is 4.74 Å². The third-order valence-electron chi connectivity index (χ3n) is 10.6. The molecule has 224 valence electrons. The summed E-state index contributed by atoms with van der Waals surface area (Å²) < 4.78 is 6.33. The van der Waals surface area contributed by atoms with Crippen LogP contribution in [-0.2, 0) is 5.41 Å². The predicted molar refractivity (Wildman–Crippen MR) is 177 cm³/mol. The first kappa shape index (κ1) is 31.6. The van der Waals surface area contributed by atoms with Crippen molar-refractivity contribution in [2.24, 2.45) is 34.1 Å². The highest BCUT2D eigenvalue weighted by Gasteiger charge is 2.49. The molecule has 1 saturated carbocycles. The summed E-state index contributed by atoms with van der Waals surface area (Å²) in [6, 6.07) is 14.4. The highest BCUT2D eigenvalue weighted by molar-refractivity contribution is 5.65. The first-order valence-corrected chi connectivity index (χ1v) is 16.3. The molecule has 0 amide bonds. The highest BCUT2D eigenvalue weighted by atomic mass is 16.5. The van der Waals surface area contributed by atoms with Crippen molar-refractivity contribution in [2.75, 3.05) is 0 Å². The highest BCUT2D eigenvalue weighted by Crippen LogP contribution is 2.56. The molecule has 0 radical (unpaired) electrons. The van der Waals surface area contributed by atoms with E-state index in [0.29, 0.717) is 29.6 Å². The van der Waals surface area contributed by atoms with Gasteiger partial charge in [0, 0.05) is 29.2 Å². The number of benzene rings is 2. The van der Waals surface area contributed by atoms with Crippen LogP contribution in [0.3, 0.4) is 0 Å². The van der Waals surface area contributed by atoms with E-state index in [1.807, 2.05) is 0 Å². The van der Waals surface area contributed by atoms with Gasteiger partial charge in [0.15, 0.2) is 0 Å². The van der Waals surface area contributed by atoms with Gasteiger partial charge in [0.2, 0.25) is 0 Å². The molecule has 1 aliphatic heterocycles. The minimum absolute atomic E-state index is 0.0312. The molecule has 0 saturated heterocycles. The minimum Gasteiger partial charge on any atom is -0.488 e. The van der Waals surface area contributed by atoms with Crippen molar-refractivity contribution in [3.05, 3.63) is 76.0 Å². The molecular weight excluding hydrogens is 498 g/mol. The summed E-state index contributed by atoms with van der Waals surface area (Å²) >= 11 is 0. The first-order valence-electron chi connectivity index (χ1n) is 16.3.